The largest absolute Gasteiger partial charge is 1.00 e. The predicted molar refractivity (Wildman–Crippen MR) is 109 cm³/mol. The van der Waals surface area contributed by atoms with E-state index < -0.39 is 53.5 Å². The van der Waals surface area contributed by atoms with E-state index in [9.17, 15) is 35.5 Å². The van der Waals surface area contributed by atoms with Gasteiger partial charge in [0.1, 0.15) is 43.2 Å². The van der Waals surface area contributed by atoms with Crippen molar-refractivity contribution < 1.29 is 114 Å². The first kappa shape index (κ1) is 32.0. The van der Waals surface area contributed by atoms with Gasteiger partial charge in [-0.3, -0.25) is 0 Å². The van der Waals surface area contributed by atoms with E-state index in [-0.39, 0.29) is 87.8 Å². The Bertz CT molecular complexity index is 1370. The molecule has 0 fully saturated rings. The van der Waals surface area contributed by atoms with Crippen molar-refractivity contribution in [1.82, 2.24) is 0 Å². The van der Waals surface area contributed by atoms with E-state index in [0.29, 0.717) is 6.07 Å². The van der Waals surface area contributed by atoms with Crippen LogP contribution in [0.3, 0.4) is 0 Å². The summed E-state index contributed by atoms with van der Waals surface area (Å²) in [6.07, 6.45) is 0. The Kier molecular flexibility index (Phi) is 11.1. The van der Waals surface area contributed by atoms with E-state index in [1.165, 1.54) is 0 Å². The number of hydrogen-bond donors (Lipinski definition) is 2. The summed E-state index contributed by atoms with van der Waals surface area (Å²) >= 11 is 0. The fourth-order valence-corrected chi connectivity index (χ4v) is 3.95. The number of aromatic carboxylic acids is 2. The van der Waals surface area contributed by atoms with Gasteiger partial charge in [-0.05, 0) is 54.6 Å². The summed E-state index contributed by atoms with van der Waals surface area (Å²) in [5.41, 5.74) is -0.240. The van der Waals surface area contributed by atoms with E-state index in [4.69, 9.17) is 19.7 Å². The third-order valence-electron chi connectivity index (χ3n) is 4.21. The minimum absolute atomic E-state index is 0. The number of carboxylic acid groups (broad SMARTS) is 2. The van der Waals surface area contributed by atoms with E-state index >= 15 is 0 Å². The molecule has 36 heavy (non-hydrogen) atoms. The molecule has 0 aliphatic rings. The number of ether oxygens (including phenoxy) is 2. The SMILES string of the molecule is O=C(O)c1ccc(Oc2cc(Oc3ccc(C(=O)O)cc3)c(S(=O)(=O)[O-])cc2S(=O)(=O)[O-])cc1.[Na+].[Na+]. The molecule has 0 radical (unpaired) electrons. The summed E-state index contributed by atoms with van der Waals surface area (Å²) < 4.78 is 81.1. The smallest absolute Gasteiger partial charge is 0.744 e. The second kappa shape index (κ2) is 12.5. The van der Waals surface area contributed by atoms with Crippen LogP contribution < -0.4 is 68.6 Å². The first-order valence-corrected chi connectivity index (χ1v) is 11.7. The molecule has 0 amide bonds. The van der Waals surface area contributed by atoms with Crippen molar-refractivity contribution in [3.63, 3.8) is 0 Å². The van der Waals surface area contributed by atoms with Gasteiger partial charge in [-0.25, -0.2) is 26.4 Å². The molecule has 0 saturated heterocycles. The second-order valence-electron chi connectivity index (χ2n) is 6.52. The van der Waals surface area contributed by atoms with Crippen molar-refractivity contribution in [1.29, 1.82) is 0 Å². The molecule has 178 valence electrons. The quantitative estimate of drug-likeness (QED) is 0.205. The molecule has 2 N–H and O–H groups in total. The molecule has 3 rings (SSSR count). The van der Waals surface area contributed by atoms with Gasteiger partial charge in [0, 0.05) is 6.07 Å². The van der Waals surface area contributed by atoms with E-state index in [2.05, 4.69) is 0 Å². The van der Waals surface area contributed by atoms with Crippen LogP contribution in [0.5, 0.6) is 23.0 Å². The van der Waals surface area contributed by atoms with Crippen LogP contribution in [0.4, 0.5) is 0 Å². The molecule has 16 heteroatoms. The van der Waals surface area contributed by atoms with Gasteiger partial charge in [0.2, 0.25) is 0 Å². The normalized spacial score (nSPS) is 10.9. The van der Waals surface area contributed by atoms with Crippen molar-refractivity contribution in [3.05, 3.63) is 71.8 Å². The van der Waals surface area contributed by atoms with Crippen molar-refractivity contribution in [2.75, 3.05) is 0 Å². The maximum absolute atomic E-state index is 11.7. The minimum Gasteiger partial charge on any atom is -0.744 e. The standard InChI is InChI=1S/C20H14O12S2.2Na/c21-19(22)11-1-5-13(6-2-11)31-15-9-16(32-14-7-3-12(4-8-14)20(23)24)18(34(28,29)30)10-17(15)33(25,26)27;;/h1-10H,(H,21,22)(H,23,24)(H,25,26,27)(H,28,29,30);;/q;2*+1/p-2. The molecule has 0 unspecified atom stereocenters. The van der Waals surface area contributed by atoms with E-state index in [1.54, 1.807) is 0 Å². The van der Waals surface area contributed by atoms with Gasteiger partial charge < -0.3 is 28.8 Å². The Hall–Kier alpha value is -1.98. The summed E-state index contributed by atoms with van der Waals surface area (Å²) in [6, 6.07) is 10.1. The zero-order chi connectivity index (χ0) is 25.3. The molecule has 3 aromatic rings. The Morgan fingerprint density at radius 2 is 0.917 bits per heavy atom. The summed E-state index contributed by atoms with van der Waals surface area (Å²) in [4.78, 5) is 19.6. The summed E-state index contributed by atoms with van der Waals surface area (Å²) in [6.45, 7) is 0. The average molecular weight is 554 g/mol. The molecule has 0 heterocycles. The number of hydrogen-bond acceptors (Lipinski definition) is 10. The first-order chi connectivity index (χ1) is 15.8. The van der Waals surface area contributed by atoms with Crippen molar-refractivity contribution in [3.8, 4) is 23.0 Å². The molecule has 0 aromatic heterocycles. The molecule has 3 aromatic carbocycles. The third-order valence-corrected chi connectivity index (χ3v) is 5.92. The average Bonchev–Trinajstić information content (AvgIpc) is 2.73. The molecule has 0 saturated carbocycles. The van der Waals surface area contributed by atoms with Gasteiger partial charge >= 0.3 is 71.1 Å². The van der Waals surface area contributed by atoms with Crippen LogP contribution in [0.15, 0.2) is 70.5 Å². The van der Waals surface area contributed by atoms with Crippen molar-refractivity contribution in [2.24, 2.45) is 0 Å². The Morgan fingerprint density at radius 3 is 1.17 bits per heavy atom. The fourth-order valence-electron chi connectivity index (χ4n) is 2.66. The van der Waals surface area contributed by atoms with Crippen LogP contribution in [-0.2, 0) is 20.2 Å². The fraction of sp³-hybridized carbons (Fsp3) is 0. The zero-order valence-corrected chi connectivity index (χ0v) is 24.2. The van der Waals surface area contributed by atoms with Crippen LogP contribution in [-0.4, -0.2) is 48.1 Å². The Balaban J connectivity index is 0.00000324. The monoisotopic (exact) mass is 554 g/mol. The maximum Gasteiger partial charge on any atom is 1.00 e. The van der Waals surface area contributed by atoms with E-state index in [1.807, 2.05) is 0 Å². The first-order valence-electron chi connectivity index (χ1n) is 8.88. The van der Waals surface area contributed by atoms with Crippen molar-refractivity contribution in [2.45, 2.75) is 9.79 Å². The molecule has 12 nitrogen and oxygen atoms in total. The zero-order valence-electron chi connectivity index (χ0n) is 18.6. The van der Waals surface area contributed by atoms with Gasteiger partial charge in [-0.2, -0.15) is 0 Å². The van der Waals surface area contributed by atoms with E-state index in [0.717, 1.165) is 48.5 Å². The molecular weight excluding hydrogens is 542 g/mol. The Morgan fingerprint density at radius 1 is 0.611 bits per heavy atom. The molecule has 0 bridgehead atoms. The van der Waals surface area contributed by atoms with Gasteiger partial charge in [-0.15, -0.1) is 0 Å². The third kappa shape index (κ3) is 8.01. The van der Waals surface area contributed by atoms with Crippen LogP contribution in [0, 0.1) is 0 Å². The number of benzene rings is 3. The minimum atomic E-state index is -5.36. The predicted octanol–water partition coefficient (Wildman–Crippen LogP) is -3.52. The molecule has 0 aliphatic carbocycles. The number of carbonyl (C=O) groups is 2. The van der Waals surface area contributed by atoms with Crippen LogP contribution in [0.25, 0.3) is 0 Å². The summed E-state index contributed by atoms with van der Waals surface area (Å²) in [7, 11) is -10.7. The summed E-state index contributed by atoms with van der Waals surface area (Å²) in [5, 5.41) is 17.9. The van der Waals surface area contributed by atoms with Gasteiger partial charge in [0.25, 0.3) is 0 Å². The van der Waals surface area contributed by atoms with Crippen LogP contribution >= 0.6 is 0 Å². The molecule has 0 aliphatic heterocycles. The Labute approximate surface area is 248 Å². The van der Waals surface area contributed by atoms with Gasteiger partial charge in [-0.1, -0.05) is 0 Å². The molecule has 0 atom stereocenters. The molecule has 0 spiro atoms. The number of rotatable bonds is 8. The van der Waals surface area contributed by atoms with Crippen LogP contribution in [0.1, 0.15) is 20.7 Å². The topological polar surface area (TPSA) is 207 Å². The molecular formula is C20H12Na2O12S2. The van der Waals surface area contributed by atoms with Gasteiger partial charge in [0.15, 0.2) is 0 Å². The van der Waals surface area contributed by atoms with Gasteiger partial charge in [0.05, 0.1) is 20.9 Å². The second-order valence-corrected chi connectivity index (χ2v) is 9.21. The summed E-state index contributed by atoms with van der Waals surface area (Å²) in [5.74, 6) is -4.15. The van der Waals surface area contributed by atoms with Crippen molar-refractivity contribution >= 4 is 32.2 Å². The number of carboxylic acids is 2. The van der Waals surface area contributed by atoms with Crippen LogP contribution in [0.2, 0.25) is 0 Å². The maximum atomic E-state index is 11.7.